The Kier molecular flexibility index (Phi) is 6.36. The first-order valence-electron chi connectivity index (χ1n) is 7.17. The van der Waals surface area contributed by atoms with Gasteiger partial charge in [-0.15, -0.1) is 0 Å². The molecule has 0 radical (unpaired) electrons. The molecule has 112 valence electrons. The number of benzene rings is 1. The molecule has 0 heterocycles. The predicted octanol–water partition coefficient (Wildman–Crippen LogP) is 2.48. The maximum atomic E-state index is 4.23. The van der Waals surface area contributed by atoms with E-state index in [0.29, 0.717) is 0 Å². The summed E-state index contributed by atoms with van der Waals surface area (Å²) < 4.78 is 0. The van der Waals surface area contributed by atoms with E-state index in [9.17, 15) is 0 Å². The van der Waals surface area contributed by atoms with Gasteiger partial charge in [-0.3, -0.25) is 4.99 Å². The van der Waals surface area contributed by atoms with Crippen LogP contribution in [0.3, 0.4) is 0 Å². The fourth-order valence-electron chi connectivity index (χ4n) is 1.87. The first-order chi connectivity index (χ1) is 9.42. The van der Waals surface area contributed by atoms with Crippen molar-refractivity contribution in [2.75, 3.05) is 32.1 Å². The minimum absolute atomic E-state index is 0.0304. The van der Waals surface area contributed by atoms with Crippen molar-refractivity contribution in [1.29, 1.82) is 0 Å². The maximum absolute atomic E-state index is 4.23. The number of rotatable bonds is 5. The number of guanidine groups is 1. The van der Waals surface area contributed by atoms with Gasteiger partial charge in [0.1, 0.15) is 0 Å². The van der Waals surface area contributed by atoms with Crippen molar-refractivity contribution >= 4 is 11.6 Å². The molecule has 20 heavy (non-hydrogen) atoms. The number of hydrogen-bond acceptors (Lipinski definition) is 2. The number of nitrogens with one attached hydrogen (secondary N) is 2. The molecule has 1 aromatic rings. The van der Waals surface area contributed by atoms with Crippen LogP contribution in [0, 0.1) is 0 Å². The number of nitrogens with zero attached hydrogens (tertiary/aromatic N) is 2. The lowest BCUT2D eigenvalue weighted by molar-refractivity contribution is 0.501. The molecule has 4 nitrogen and oxygen atoms in total. The normalized spacial score (nSPS) is 12.2. The summed E-state index contributed by atoms with van der Waals surface area (Å²) in [6.07, 6.45) is 1.07. The molecule has 0 aliphatic carbocycles. The van der Waals surface area contributed by atoms with Crippen molar-refractivity contribution in [2.45, 2.75) is 32.7 Å². The number of para-hydroxylation sites is 1. The molecule has 1 rings (SSSR count). The van der Waals surface area contributed by atoms with Gasteiger partial charge in [-0.1, -0.05) is 18.2 Å². The van der Waals surface area contributed by atoms with Gasteiger partial charge in [0.2, 0.25) is 0 Å². The predicted molar refractivity (Wildman–Crippen MR) is 88.6 cm³/mol. The first-order valence-corrected chi connectivity index (χ1v) is 7.17. The second-order valence-electron chi connectivity index (χ2n) is 5.98. The van der Waals surface area contributed by atoms with Crippen molar-refractivity contribution in [3.05, 3.63) is 30.3 Å². The van der Waals surface area contributed by atoms with Gasteiger partial charge in [0.15, 0.2) is 5.96 Å². The molecule has 0 aromatic heterocycles. The third-order valence-corrected chi connectivity index (χ3v) is 2.88. The van der Waals surface area contributed by atoms with Gasteiger partial charge in [-0.05, 0) is 39.3 Å². The Morgan fingerprint density at radius 3 is 2.40 bits per heavy atom. The molecule has 0 saturated carbocycles. The molecule has 0 unspecified atom stereocenters. The SMILES string of the molecule is CN=C(NCCCN(C)c1ccccc1)NC(C)(C)C. The minimum atomic E-state index is 0.0304. The second-order valence-corrected chi connectivity index (χ2v) is 5.98. The van der Waals surface area contributed by atoms with Crippen LogP contribution in [-0.2, 0) is 0 Å². The summed E-state index contributed by atoms with van der Waals surface area (Å²) >= 11 is 0. The van der Waals surface area contributed by atoms with Crippen molar-refractivity contribution in [1.82, 2.24) is 10.6 Å². The van der Waals surface area contributed by atoms with E-state index in [2.05, 4.69) is 72.6 Å². The Labute approximate surface area is 123 Å². The summed E-state index contributed by atoms with van der Waals surface area (Å²) in [6, 6.07) is 10.4. The standard InChI is InChI=1S/C16H28N4/c1-16(2,3)19-15(17-4)18-12-9-13-20(5)14-10-7-6-8-11-14/h6-8,10-11H,9,12-13H2,1-5H3,(H2,17,18,19). The van der Waals surface area contributed by atoms with E-state index in [1.807, 2.05) is 6.07 Å². The highest BCUT2D eigenvalue weighted by molar-refractivity contribution is 5.80. The van der Waals surface area contributed by atoms with Crippen LogP contribution >= 0.6 is 0 Å². The van der Waals surface area contributed by atoms with Crippen LogP contribution < -0.4 is 15.5 Å². The van der Waals surface area contributed by atoms with E-state index in [-0.39, 0.29) is 5.54 Å². The smallest absolute Gasteiger partial charge is 0.191 e. The topological polar surface area (TPSA) is 39.7 Å². The van der Waals surface area contributed by atoms with Crippen molar-refractivity contribution in [3.63, 3.8) is 0 Å². The summed E-state index contributed by atoms with van der Waals surface area (Å²) in [6.45, 7) is 8.31. The minimum Gasteiger partial charge on any atom is -0.375 e. The molecule has 1 aromatic carbocycles. The Balaban J connectivity index is 2.28. The molecule has 0 bridgehead atoms. The van der Waals surface area contributed by atoms with Crippen LogP contribution in [0.25, 0.3) is 0 Å². The highest BCUT2D eigenvalue weighted by Crippen LogP contribution is 2.10. The van der Waals surface area contributed by atoms with Crippen LogP contribution in [0.4, 0.5) is 5.69 Å². The third-order valence-electron chi connectivity index (χ3n) is 2.88. The zero-order chi connectivity index (χ0) is 15.0. The average molecular weight is 276 g/mol. The molecule has 0 atom stereocenters. The van der Waals surface area contributed by atoms with E-state index >= 15 is 0 Å². The molecule has 0 amide bonds. The van der Waals surface area contributed by atoms with Crippen LogP contribution in [-0.4, -0.2) is 38.7 Å². The maximum Gasteiger partial charge on any atom is 0.191 e. The molecule has 0 aliphatic rings. The summed E-state index contributed by atoms with van der Waals surface area (Å²) in [5.74, 6) is 0.861. The summed E-state index contributed by atoms with van der Waals surface area (Å²) in [4.78, 5) is 6.49. The number of aliphatic imine (C=N–C) groups is 1. The fraction of sp³-hybridized carbons (Fsp3) is 0.562. The highest BCUT2D eigenvalue weighted by Gasteiger charge is 2.11. The van der Waals surface area contributed by atoms with E-state index < -0.39 is 0 Å². The van der Waals surface area contributed by atoms with E-state index in [1.165, 1.54) is 5.69 Å². The molecule has 4 heteroatoms. The molecule has 0 aliphatic heterocycles. The second kappa shape index (κ2) is 7.78. The lowest BCUT2D eigenvalue weighted by Gasteiger charge is -2.24. The van der Waals surface area contributed by atoms with E-state index in [0.717, 1.165) is 25.5 Å². The van der Waals surface area contributed by atoms with Crippen LogP contribution in [0.15, 0.2) is 35.3 Å². The van der Waals surface area contributed by atoms with E-state index in [1.54, 1.807) is 7.05 Å². The quantitative estimate of drug-likeness (QED) is 0.493. The monoisotopic (exact) mass is 276 g/mol. The van der Waals surface area contributed by atoms with Gasteiger partial charge < -0.3 is 15.5 Å². The molecule has 0 spiro atoms. The zero-order valence-corrected chi connectivity index (χ0v) is 13.4. The first kappa shape index (κ1) is 16.3. The van der Waals surface area contributed by atoms with Crippen molar-refractivity contribution < 1.29 is 0 Å². The van der Waals surface area contributed by atoms with Gasteiger partial charge in [0, 0.05) is 38.4 Å². The fourth-order valence-corrected chi connectivity index (χ4v) is 1.87. The Morgan fingerprint density at radius 1 is 1.20 bits per heavy atom. The molecular weight excluding hydrogens is 248 g/mol. The van der Waals surface area contributed by atoms with Crippen molar-refractivity contribution in [2.24, 2.45) is 4.99 Å². The number of anilines is 1. The van der Waals surface area contributed by atoms with Gasteiger partial charge in [0.05, 0.1) is 0 Å². The van der Waals surface area contributed by atoms with Crippen LogP contribution in [0.5, 0.6) is 0 Å². The number of hydrogen-bond donors (Lipinski definition) is 2. The van der Waals surface area contributed by atoms with E-state index in [4.69, 9.17) is 0 Å². The van der Waals surface area contributed by atoms with Gasteiger partial charge in [-0.2, -0.15) is 0 Å². The average Bonchev–Trinajstić information content (AvgIpc) is 2.41. The molecule has 2 N–H and O–H groups in total. The van der Waals surface area contributed by atoms with Crippen molar-refractivity contribution in [3.8, 4) is 0 Å². The summed E-state index contributed by atoms with van der Waals surface area (Å²) in [5.41, 5.74) is 1.28. The highest BCUT2D eigenvalue weighted by atomic mass is 15.2. The lowest BCUT2D eigenvalue weighted by atomic mass is 10.1. The Morgan fingerprint density at radius 2 is 1.85 bits per heavy atom. The largest absolute Gasteiger partial charge is 0.375 e. The molecular formula is C16H28N4. The van der Waals surface area contributed by atoms with Gasteiger partial charge >= 0.3 is 0 Å². The van der Waals surface area contributed by atoms with Crippen LogP contribution in [0.2, 0.25) is 0 Å². The van der Waals surface area contributed by atoms with Crippen LogP contribution in [0.1, 0.15) is 27.2 Å². The molecule has 0 fully saturated rings. The Bertz CT molecular complexity index is 406. The summed E-state index contributed by atoms with van der Waals surface area (Å²) in [5, 5.41) is 6.70. The molecule has 0 saturated heterocycles. The summed E-state index contributed by atoms with van der Waals surface area (Å²) in [7, 11) is 3.93. The van der Waals surface area contributed by atoms with Gasteiger partial charge in [0.25, 0.3) is 0 Å². The third kappa shape index (κ3) is 6.45. The lowest BCUT2D eigenvalue weighted by Crippen LogP contribution is -2.48. The van der Waals surface area contributed by atoms with Gasteiger partial charge in [-0.25, -0.2) is 0 Å². The Hall–Kier alpha value is -1.71. The zero-order valence-electron chi connectivity index (χ0n) is 13.4.